The number of hydrazone groups is 1. The number of amides is 1. The number of hydrogen-bond acceptors (Lipinski definition) is 5. The van der Waals surface area contributed by atoms with E-state index in [9.17, 15) is 4.79 Å². The average Bonchev–Trinajstić information content (AvgIpc) is 3.11. The number of imidazole rings is 1. The number of pyridine rings is 1. The molecule has 0 bridgehead atoms. The first kappa shape index (κ1) is 19.3. The normalized spacial score (nSPS) is 13.9. The molecule has 7 nitrogen and oxygen atoms in total. The highest BCUT2D eigenvalue weighted by molar-refractivity contribution is 6.30. The van der Waals surface area contributed by atoms with Crippen LogP contribution in [0, 0.1) is 0 Å². The fourth-order valence-electron chi connectivity index (χ4n) is 3.34. The summed E-state index contributed by atoms with van der Waals surface area (Å²) < 4.78 is 1.76. The van der Waals surface area contributed by atoms with Crippen molar-refractivity contribution >= 4 is 35.2 Å². The number of aromatic nitrogens is 2. The molecule has 0 fully saturated rings. The van der Waals surface area contributed by atoms with Crippen molar-refractivity contribution < 1.29 is 4.79 Å². The van der Waals surface area contributed by atoms with Crippen LogP contribution >= 0.6 is 11.6 Å². The fourth-order valence-corrected chi connectivity index (χ4v) is 3.50. The van der Waals surface area contributed by atoms with Crippen LogP contribution in [0.3, 0.4) is 0 Å². The Kier molecular flexibility index (Phi) is 5.40. The monoisotopic (exact) mass is 410 g/mol. The van der Waals surface area contributed by atoms with Crippen LogP contribution in [0.4, 0.5) is 5.69 Å². The molecular weight excluding hydrogens is 388 g/mol. The summed E-state index contributed by atoms with van der Waals surface area (Å²) in [7, 11) is 1.96. The molecule has 1 aliphatic heterocycles. The van der Waals surface area contributed by atoms with Crippen molar-refractivity contribution in [1.29, 1.82) is 0 Å². The molecule has 0 spiro atoms. The van der Waals surface area contributed by atoms with Gasteiger partial charge in [0.1, 0.15) is 17.7 Å². The Morgan fingerprint density at radius 3 is 2.66 bits per heavy atom. The van der Waals surface area contributed by atoms with Crippen molar-refractivity contribution in [3.63, 3.8) is 0 Å². The van der Waals surface area contributed by atoms with E-state index in [0.29, 0.717) is 23.7 Å². The van der Waals surface area contributed by atoms with E-state index in [-0.39, 0.29) is 5.91 Å². The lowest BCUT2D eigenvalue weighted by atomic mass is 10.2. The summed E-state index contributed by atoms with van der Waals surface area (Å²) in [5.74, 6) is -0.160. The predicted molar refractivity (Wildman–Crippen MR) is 116 cm³/mol. The van der Waals surface area contributed by atoms with E-state index in [1.807, 2.05) is 55.7 Å². The van der Waals surface area contributed by atoms with Crippen LogP contribution in [-0.4, -0.2) is 46.8 Å². The van der Waals surface area contributed by atoms with Crippen molar-refractivity contribution in [3.05, 3.63) is 64.6 Å². The van der Waals surface area contributed by atoms with E-state index in [4.69, 9.17) is 11.6 Å². The molecule has 29 heavy (non-hydrogen) atoms. The highest BCUT2D eigenvalue weighted by atomic mass is 35.5. The number of nitrogens with zero attached hydrogens (tertiary/aromatic N) is 5. The predicted octanol–water partition coefficient (Wildman–Crippen LogP) is 3.18. The molecule has 1 N–H and O–H groups in total. The number of rotatable bonds is 5. The minimum Gasteiger partial charge on any atom is -0.347 e. The second-order valence-electron chi connectivity index (χ2n) is 6.99. The number of benzene rings is 1. The number of fused-ring (bicyclic) bond motifs is 1. The third-order valence-corrected chi connectivity index (χ3v) is 5.20. The van der Waals surface area contributed by atoms with Crippen LogP contribution in [-0.2, 0) is 13.0 Å². The number of carbonyl (C=O) groups is 1. The SMILES string of the molecule is CCc1nc2ccc(Cl)cn2c1C(=O)NCc1ccc(N2C=NN(C)CC2)cc1. The van der Waals surface area contributed by atoms with Gasteiger partial charge in [0, 0.05) is 32.0 Å². The Bertz CT molecular complexity index is 1060. The van der Waals surface area contributed by atoms with Crippen molar-refractivity contribution in [2.24, 2.45) is 5.10 Å². The fraction of sp³-hybridized carbons (Fsp3) is 0.286. The number of aryl methyl sites for hydroxylation is 1. The summed E-state index contributed by atoms with van der Waals surface area (Å²) >= 11 is 6.11. The molecule has 0 saturated heterocycles. The van der Waals surface area contributed by atoms with E-state index >= 15 is 0 Å². The zero-order valence-corrected chi connectivity index (χ0v) is 17.2. The molecule has 4 rings (SSSR count). The number of hydrogen-bond donors (Lipinski definition) is 1. The Labute approximate surface area is 174 Å². The van der Waals surface area contributed by atoms with Crippen LogP contribution < -0.4 is 10.2 Å². The van der Waals surface area contributed by atoms with Gasteiger partial charge in [0.2, 0.25) is 0 Å². The molecule has 1 aromatic carbocycles. The average molecular weight is 411 g/mol. The van der Waals surface area contributed by atoms with Gasteiger partial charge in [-0.2, -0.15) is 5.10 Å². The van der Waals surface area contributed by atoms with Gasteiger partial charge in [-0.1, -0.05) is 30.7 Å². The zero-order valence-electron chi connectivity index (χ0n) is 16.5. The first-order valence-corrected chi connectivity index (χ1v) is 9.98. The molecule has 1 amide bonds. The lowest BCUT2D eigenvalue weighted by Crippen LogP contribution is -2.35. The van der Waals surface area contributed by atoms with Gasteiger partial charge in [-0.15, -0.1) is 0 Å². The van der Waals surface area contributed by atoms with Gasteiger partial charge in [0.15, 0.2) is 0 Å². The van der Waals surface area contributed by atoms with Crippen LogP contribution in [0.2, 0.25) is 5.02 Å². The molecule has 8 heteroatoms. The van der Waals surface area contributed by atoms with Gasteiger partial charge >= 0.3 is 0 Å². The number of carbonyl (C=O) groups excluding carboxylic acids is 1. The van der Waals surface area contributed by atoms with Crippen LogP contribution in [0.1, 0.15) is 28.7 Å². The Morgan fingerprint density at radius 2 is 1.97 bits per heavy atom. The topological polar surface area (TPSA) is 65.2 Å². The van der Waals surface area contributed by atoms with Crippen molar-refractivity contribution in [3.8, 4) is 0 Å². The maximum absolute atomic E-state index is 12.9. The molecule has 0 atom stereocenters. The van der Waals surface area contributed by atoms with Gasteiger partial charge in [-0.3, -0.25) is 14.2 Å². The maximum Gasteiger partial charge on any atom is 0.270 e. The van der Waals surface area contributed by atoms with E-state index in [1.165, 1.54) is 0 Å². The summed E-state index contributed by atoms with van der Waals surface area (Å²) in [5, 5.41) is 9.79. The summed E-state index contributed by atoms with van der Waals surface area (Å²) in [6, 6.07) is 11.7. The van der Waals surface area contributed by atoms with Gasteiger partial charge < -0.3 is 10.2 Å². The van der Waals surface area contributed by atoms with E-state index in [2.05, 4.69) is 20.3 Å². The quantitative estimate of drug-likeness (QED) is 0.701. The second kappa shape index (κ2) is 8.13. The molecule has 1 aliphatic rings. The minimum atomic E-state index is -0.160. The van der Waals surface area contributed by atoms with Gasteiger partial charge in [-0.05, 0) is 36.2 Å². The van der Waals surface area contributed by atoms with Gasteiger partial charge in [-0.25, -0.2) is 4.98 Å². The lowest BCUT2D eigenvalue weighted by Gasteiger charge is -2.27. The third-order valence-electron chi connectivity index (χ3n) is 4.98. The molecule has 0 saturated carbocycles. The summed E-state index contributed by atoms with van der Waals surface area (Å²) in [6.45, 7) is 4.21. The first-order chi connectivity index (χ1) is 14.0. The third kappa shape index (κ3) is 4.05. The van der Waals surface area contributed by atoms with E-state index < -0.39 is 0 Å². The lowest BCUT2D eigenvalue weighted by molar-refractivity contribution is 0.0944. The smallest absolute Gasteiger partial charge is 0.270 e. The summed E-state index contributed by atoms with van der Waals surface area (Å²) in [5.41, 5.74) is 4.12. The molecular formula is C21H23ClN6O. The molecule has 3 heterocycles. The Morgan fingerprint density at radius 1 is 1.17 bits per heavy atom. The highest BCUT2D eigenvalue weighted by Gasteiger charge is 2.18. The van der Waals surface area contributed by atoms with Crippen LogP contribution in [0.5, 0.6) is 0 Å². The van der Waals surface area contributed by atoms with E-state index in [1.54, 1.807) is 16.7 Å². The zero-order chi connectivity index (χ0) is 20.4. The Hall–Kier alpha value is -3.06. The molecule has 3 aromatic rings. The number of likely N-dealkylation sites (N-methyl/N-ethyl adjacent to an activating group) is 1. The van der Waals surface area contributed by atoms with Crippen molar-refractivity contribution in [2.75, 3.05) is 25.0 Å². The highest BCUT2D eigenvalue weighted by Crippen LogP contribution is 2.18. The number of halogens is 1. The minimum absolute atomic E-state index is 0.160. The number of nitrogens with one attached hydrogen (secondary N) is 1. The molecule has 2 aromatic heterocycles. The standard InChI is InChI=1S/C21H23ClN6O/c1-3-18-20(28-13-16(22)6-9-19(28)25-18)21(29)23-12-15-4-7-17(8-5-15)27-11-10-26(2)24-14-27/h4-9,13-14H,3,10-12H2,1-2H3,(H,23,29). The first-order valence-electron chi connectivity index (χ1n) is 9.60. The molecule has 0 aliphatic carbocycles. The van der Waals surface area contributed by atoms with Crippen LogP contribution in [0.25, 0.3) is 5.65 Å². The largest absolute Gasteiger partial charge is 0.347 e. The molecule has 0 unspecified atom stereocenters. The Balaban J connectivity index is 1.47. The second-order valence-corrected chi connectivity index (χ2v) is 7.43. The van der Waals surface area contributed by atoms with Crippen molar-refractivity contribution in [2.45, 2.75) is 19.9 Å². The summed E-state index contributed by atoms with van der Waals surface area (Å²) in [4.78, 5) is 19.5. The van der Waals surface area contributed by atoms with Crippen molar-refractivity contribution in [1.82, 2.24) is 19.7 Å². The van der Waals surface area contributed by atoms with Gasteiger partial charge in [0.25, 0.3) is 5.91 Å². The summed E-state index contributed by atoms with van der Waals surface area (Å²) in [6.07, 6.45) is 4.23. The van der Waals surface area contributed by atoms with E-state index in [0.717, 1.165) is 35.7 Å². The maximum atomic E-state index is 12.9. The van der Waals surface area contributed by atoms with Crippen LogP contribution in [0.15, 0.2) is 47.7 Å². The number of anilines is 1. The van der Waals surface area contributed by atoms with Gasteiger partial charge in [0.05, 0.1) is 17.3 Å². The molecule has 0 radical (unpaired) electrons. The molecule has 150 valence electrons.